The summed E-state index contributed by atoms with van der Waals surface area (Å²) < 4.78 is 1.06. The quantitative estimate of drug-likeness (QED) is 0.511. The van der Waals surface area contributed by atoms with E-state index < -0.39 is 0 Å². The first-order valence-corrected chi connectivity index (χ1v) is 9.62. The highest BCUT2D eigenvalue weighted by Gasteiger charge is 2.08. The van der Waals surface area contributed by atoms with Crippen molar-refractivity contribution in [3.63, 3.8) is 0 Å². The minimum atomic E-state index is -0.284. The van der Waals surface area contributed by atoms with Gasteiger partial charge in [0.2, 0.25) is 0 Å². The lowest BCUT2D eigenvalue weighted by Crippen LogP contribution is -2.19. The highest BCUT2D eigenvalue weighted by atomic mass is 32.1. The van der Waals surface area contributed by atoms with Crippen LogP contribution in [0.3, 0.4) is 0 Å². The van der Waals surface area contributed by atoms with Crippen LogP contribution in [-0.2, 0) is 0 Å². The monoisotopic (exact) mass is 389 g/mol. The Kier molecular flexibility index (Phi) is 4.90. The SMILES string of the molecule is CN(C)c1ccc(NC(=O)Nc2ccc(-c3ncnc4ccsc34)cc2)cc1. The molecule has 2 amide bonds. The largest absolute Gasteiger partial charge is 0.378 e. The third-order valence-corrected chi connectivity index (χ3v) is 5.21. The molecule has 0 unspecified atom stereocenters. The third kappa shape index (κ3) is 3.79. The number of amides is 2. The molecule has 2 aromatic heterocycles. The smallest absolute Gasteiger partial charge is 0.323 e. The number of carbonyl (C=O) groups excluding carboxylic acids is 1. The summed E-state index contributed by atoms with van der Waals surface area (Å²) in [6, 6.07) is 17.0. The summed E-state index contributed by atoms with van der Waals surface area (Å²) >= 11 is 1.62. The van der Waals surface area contributed by atoms with E-state index in [1.807, 2.05) is 79.0 Å². The molecule has 0 radical (unpaired) electrons. The van der Waals surface area contributed by atoms with E-state index in [1.54, 1.807) is 17.7 Å². The van der Waals surface area contributed by atoms with Crippen LogP contribution < -0.4 is 15.5 Å². The minimum Gasteiger partial charge on any atom is -0.378 e. The zero-order valence-corrected chi connectivity index (χ0v) is 16.3. The lowest BCUT2D eigenvalue weighted by molar-refractivity contribution is 0.262. The number of thiophene rings is 1. The van der Waals surface area contributed by atoms with Crippen LogP contribution in [0.1, 0.15) is 0 Å². The number of nitrogens with one attached hydrogen (secondary N) is 2. The van der Waals surface area contributed by atoms with E-state index in [0.717, 1.165) is 32.8 Å². The fraction of sp³-hybridized carbons (Fsp3) is 0.0952. The van der Waals surface area contributed by atoms with E-state index in [-0.39, 0.29) is 6.03 Å². The predicted octanol–water partition coefficient (Wildman–Crippen LogP) is 5.07. The van der Waals surface area contributed by atoms with Crippen LogP contribution in [0.2, 0.25) is 0 Å². The minimum absolute atomic E-state index is 0.284. The molecule has 2 heterocycles. The van der Waals surface area contributed by atoms with Gasteiger partial charge in [0.1, 0.15) is 6.33 Å². The van der Waals surface area contributed by atoms with Gasteiger partial charge in [-0.15, -0.1) is 11.3 Å². The predicted molar refractivity (Wildman–Crippen MR) is 116 cm³/mol. The number of fused-ring (bicyclic) bond motifs is 1. The lowest BCUT2D eigenvalue weighted by Gasteiger charge is -2.13. The van der Waals surface area contributed by atoms with Gasteiger partial charge in [-0.25, -0.2) is 14.8 Å². The van der Waals surface area contributed by atoms with Gasteiger partial charge < -0.3 is 15.5 Å². The molecule has 6 nitrogen and oxygen atoms in total. The normalized spacial score (nSPS) is 10.6. The second kappa shape index (κ2) is 7.66. The standard InChI is InChI=1S/C21H19N5OS/c1-26(2)17-9-7-16(8-10-17)25-21(27)24-15-5-3-14(4-6-15)19-20-18(11-12-28-20)22-13-23-19/h3-13H,1-2H3,(H2,24,25,27). The van der Waals surface area contributed by atoms with Crippen LogP contribution >= 0.6 is 11.3 Å². The maximum absolute atomic E-state index is 12.2. The Morgan fingerprint density at radius 1 is 0.893 bits per heavy atom. The third-order valence-electron chi connectivity index (χ3n) is 4.30. The van der Waals surface area contributed by atoms with Crippen molar-refractivity contribution in [3.05, 3.63) is 66.3 Å². The molecule has 0 fully saturated rings. The second-order valence-corrected chi connectivity index (χ2v) is 7.37. The number of urea groups is 1. The summed E-state index contributed by atoms with van der Waals surface area (Å²) in [6.45, 7) is 0. The summed E-state index contributed by atoms with van der Waals surface area (Å²) in [4.78, 5) is 22.9. The van der Waals surface area contributed by atoms with Crippen LogP contribution in [0.15, 0.2) is 66.3 Å². The highest BCUT2D eigenvalue weighted by molar-refractivity contribution is 7.17. The molecule has 4 aromatic rings. The van der Waals surface area contributed by atoms with Crippen molar-refractivity contribution in [2.24, 2.45) is 0 Å². The first-order valence-electron chi connectivity index (χ1n) is 8.74. The van der Waals surface area contributed by atoms with Crippen LogP contribution in [-0.4, -0.2) is 30.1 Å². The summed E-state index contributed by atoms with van der Waals surface area (Å²) in [7, 11) is 3.95. The van der Waals surface area contributed by atoms with Gasteiger partial charge in [0.05, 0.1) is 15.9 Å². The van der Waals surface area contributed by atoms with Gasteiger partial charge in [0, 0.05) is 36.7 Å². The van der Waals surface area contributed by atoms with Crippen molar-refractivity contribution in [2.75, 3.05) is 29.6 Å². The van der Waals surface area contributed by atoms with Gasteiger partial charge in [0.25, 0.3) is 0 Å². The summed E-state index contributed by atoms with van der Waals surface area (Å²) in [6.07, 6.45) is 1.57. The van der Waals surface area contributed by atoms with Crippen molar-refractivity contribution in [1.29, 1.82) is 0 Å². The van der Waals surface area contributed by atoms with E-state index in [1.165, 1.54) is 0 Å². The maximum Gasteiger partial charge on any atom is 0.323 e. The molecule has 0 atom stereocenters. The zero-order valence-electron chi connectivity index (χ0n) is 15.5. The number of benzene rings is 2. The van der Waals surface area contributed by atoms with Crippen molar-refractivity contribution in [2.45, 2.75) is 0 Å². The Labute approximate surface area is 166 Å². The van der Waals surface area contributed by atoms with Crippen molar-refractivity contribution in [3.8, 4) is 11.3 Å². The topological polar surface area (TPSA) is 70.2 Å². The lowest BCUT2D eigenvalue weighted by atomic mass is 10.1. The average molecular weight is 389 g/mol. The van der Waals surface area contributed by atoms with Gasteiger partial charge in [-0.2, -0.15) is 0 Å². The average Bonchev–Trinajstić information content (AvgIpc) is 3.18. The Balaban J connectivity index is 1.44. The first-order chi connectivity index (χ1) is 13.6. The Bertz CT molecular complexity index is 1100. The molecule has 7 heteroatoms. The molecule has 0 bridgehead atoms. The Morgan fingerprint density at radius 3 is 2.18 bits per heavy atom. The molecule has 0 spiro atoms. The van der Waals surface area contributed by atoms with Gasteiger partial charge in [-0.3, -0.25) is 0 Å². The molecule has 2 aromatic carbocycles. The molecular weight excluding hydrogens is 370 g/mol. The Hall–Kier alpha value is -3.45. The van der Waals surface area contributed by atoms with Crippen LogP contribution in [0.25, 0.3) is 21.5 Å². The number of rotatable bonds is 4. The first kappa shape index (κ1) is 17.9. The number of hydrogen-bond acceptors (Lipinski definition) is 5. The maximum atomic E-state index is 12.2. The molecule has 2 N–H and O–H groups in total. The molecule has 0 aliphatic heterocycles. The molecule has 140 valence electrons. The summed E-state index contributed by atoms with van der Waals surface area (Å²) in [5.74, 6) is 0. The van der Waals surface area contributed by atoms with Crippen molar-refractivity contribution >= 4 is 44.6 Å². The fourth-order valence-electron chi connectivity index (χ4n) is 2.84. The Morgan fingerprint density at radius 2 is 1.54 bits per heavy atom. The van der Waals surface area contributed by atoms with Crippen LogP contribution in [0.5, 0.6) is 0 Å². The summed E-state index contributed by atoms with van der Waals surface area (Å²) in [5, 5.41) is 7.69. The van der Waals surface area contributed by atoms with Gasteiger partial charge >= 0.3 is 6.03 Å². The number of aromatic nitrogens is 2. The molecular formula is C21H19N5OS. The summed E-state index contributed by atoms with van der Waals surface area (Å²) in [5.41, 5.74) is 5.35. The zero-order chi connectivity index (χ0) is 19.5. The number of nitrogens with zero attached hydrogens (tertiary/aromatic N) is 3. The molecule has 0 saturated heterocycles. The second-order valence-electron chi connectivity index (χ2n) is 6.46. The fourth-order valence-corrected chi connectivity index (χ4v) is 3.70. The molecule has 4 rings (SSSR count). The van der Waals surface area contributed by atoms with E-state index in [9.17, 15) is 4.79 Å². The van der Waals surface area contributed by atoms with Gasteiger partial charge in [-0.05, 0) is 47.8 Å². The van der Waals surface area contributed by atoms with E-state index in [0.29, 0.717) is 5.69 Å². The number of anilines is 3. The number of hydrogen-bond donors (Lipinski definition) is 2. The molecule has 0 aliphatic rings. The van der Waals surface area contributed by atoms with Crippen molar-refractivity contribution < 1.29 is 4.79 Å². The number of carbonyl (C=O) groups is 1. The van der Waals surface area contributed by atoms with Crippen LogP contribution in [0.4, 0.5) is 21.9 Å². The molecule has 0 saturated carbocycles. The van der Waals surface area contributed by atoms with Crippen molar-refractivity contribution in [1.82, 2.24) is 9.97 Å². The molecule has 28 heavy (non-hydrogen) atoms. The van der Waals surface area contributed by atoms with E-state index in [4.69, 9.17) is 0 Å². The molecule has 0 aliphatic carbocycles. The van der Waals surface area contributed by atoms with Gasteiger partial charge in [0.15, 0.2) is 0 Å². The highest BCUT2D eigenvalue weighted by Crippen LogP contribution is 2.30. The van der Waals surface area contributed by atoms with Crippen LogP contribution in [0, 0.1) is 0 Å². The van der Waals surface area contributed by atoms with E-state index >= 15 is 0 Å². The van der Waals surface area contributed by atoms with Gasteiger partial charge in [-0.1, -0.05) is 12.1 Å². The van der Waals surface area contributed by atoms with E-state index in [2.05, 4.69) is 20.6 Å².